The molecule has 1 aromatic carbocycles. The molecule has 1 aromatic rings. The number of hydrogen-bond donors (Lipinski definition) is 0. The van der Waals surface area contributed by atoms with Crippen LogP contribution in [0, 0.1) is 0 Å². The Bertz CT molecular complexity index is 804. The Morgan fingerprint density at radius 3 is 2.28 bits per heavy atom. The van der Waals surface area contributed by atoms with Gasteiger partial charge in [0.05, 0.1) is 4.11 Å². The number of esters is 1. The summed E-state index contributed by atoms with van der Waals surface area (Å²) in [7, 11) is 0. The molecule has 2 nitrogen and oxygen atoms in total. The van der Waals surface area contributed by atoms with Crippen molar-refractivity contribution in [1.29, 1.82) is 0 Å². The molecule has 0 unspecified atom stereocenters. The van der Waals surface area contributed by atoms with E-state index in [-0.39, 0.29) is 5.56 Å². The van der Waals surface area contributed by atoms with Crippen LogP contribution in [0.5, 0.6) is 5.75 Å². The molecule has 0 heterocycles. The third-order valence-electron chi connectivity index (χ3n) is 2.15. The molecule has 100 valence electrons. The van der Waals surface area contributed by atoms with E-state index in [9.17, 15) is 4.79 Å². The van der Waals surface area contributed by atoms with Crippen molar-refractivity contribution in [2.24, 2.45) is 0 Å². The molecule has 0 fully saturated rings. The van der Waals surface area contributed by atoms with Crippen LogP contribution in [0.15, 0.2) is 18.1 Å². The maximum Gasteiger partial charge on any atom is 0.308 e. The highest BCUT2D eigenvalue weighted by Crippen LogP contribution is 2.35. The topological polar surface area (TPSA) is 26.3 Å². The lowest BCUT2D eigenvalue weighted by molar-refractivity contribution is -0.131. The zero-order chi connectivity index (χ0) is 24.2. The van der Waals surface area contributed by atoms with Gasteiger partial charge in [-0.3, -0.25) is 4.79 Å². The summed E-state index contributed by atoms with van der Waals surface area (Å²) >= 11 is 0. The highest BCUT2D eigenvalue weighted by atomic mass is 16.5. The molecule has 0 aromatic heterocycles. The van der Waals surface area contributed by atoms with Gasteiger partial charge in [0.2, 0.25) is 0 Å². The predicted molar refractivity (Wildman–Crippen MR) is 75.2 cm³/mol. The van der Waals surface area contributed by atoms with Crippen molar-refractivity contribution in [2.45, 2.75) is 59.1 Å². The normalized spacial score (nSPS) is 24.2. The van der Waals surface area contributed by atoms with E-state index in [4.69, 9.17) is 21.2 Å². The van der Waals surface area contributed by atoms with Gasteiger partial charge in [-0.25, -0.2) is 0 Å². The molecule has 2 heteroatoms. The van der Waals surface area contributed by atoms with E-state index >= 15 is 0 Å². The number of ether oxygens (including phenoxy) is 1. The van der Waals surface area contributed by atoms with Crippen LogP contribution in [0.3, 0.4) is 0 Å². The van der Waals surface area contributed by atoms with E-state index < -0.39 is 66.8 Å². The molecule has 0 radical (unpaired) electrons. The van der Waals surface area contributed by atoms with E-state index in [1.165, 1.54) is 20.8 Å². The van der Waals surface area contributed by atoms with Gasteiger partial charge in [0.25, 0.3) is 0 Å². The van der Waals surface area contributed by atoms with Crippen molar-refractivity contribution in [1.82, 2.24) is 0 Å². The van der Waals surface area contributed by atoms with Crippen LogP contribution in [0.25, 0.3) is 0 Å². The molecule has 1 rings (SSSR count). The molecule has 0 saturated heterocycles. The van der Waals surface area contributed by atoms with Crippen LogP contribution in [0.1, 0.15) is 75.8 Å². The first-order valence-corrected chi connectivity index (χ1v) is 5.36. The summed E-state index contributed by atoms with van der Waals surface area (Å²) < 4.78 is 101. The standard InChI is InChI=1S/C16H24O2/c1-11(17)18-14-9-8-12(15(2,3)4)10-13(14)16(5,6)7/h8-10H,1-7H3/i2D3,3D3,4D3,8D,9D,10D. The average Bonchev–Trinajstić information content (AvgIpc) is 2.42. The second kappa shape index (κ2) is 4.75. The third-order valence-corrected chi connectivity index (χ3v) is 2.15. The van der Waals surface area contributed by atoms with Gasteiger partial charge < -0.3 is 4.74 Å². The van der Waals surface area contributed by atoms with Crippen LogP contribution in [-0.2, 0) is 15.6 Å². The molecular weight excluding hydrogens is 224 g/mol. The maximum absolute atomic E-state index is 11.5. The van der Waals surface area contributed by atoms with Gasteiger partial charge in [-0.15, -0.1) is 0 Å². The highest BCUT2D eigenvalue weighted by Gasteiger charge is 2.23. The Hall–Kier alpha value is -1.31. The van der Waals surface area contributed by atoms with Crippen molar-refractivity contribution in [3.8, 4) is 5.75 Å². The number of rotatable bonds is 1. The third kappa shape index (κ3) is 3.59. The van der Waals surface area contributed by atoms with Crippen molar-refractivity contribution in [3.63, 3.8) is 0 Å². The van der Waals surface area contributed by atoms with Crippen molar-refractivity contribution in [3.05, 3.63) is 29.3 Å². The number of benzene rings is 1. The minimum absolute atomic E-state index is 0.240. The van der Waals surface area contributed by atoms with Crippen LogP contribution in [0.2, 0.25) is 0 Å². The Morgan fingerprint density at radius 1 is 1.22 bits per heavy atom. The Kier molecular flexibility index (Phi) is 1.32. The van der Waals surface area contributed by atoms with Crippen molar-refractivity contribution >= 4 is 5.97 Å². The van der Waals surface area contributed by atoms with E-state index in [0.29, 0.717) is 0 Å². The van der Waals surface area contributed by atoms with Gasteiger partial charge in [0.15, 0.2) is 0 Å². The molecular formula is C16H24O2. The summed E-state index contributed by atoms with van der Waals surface area (Å²) in [6.07, 6.45) is 0. The number of carbonyl (C=O) groups excluding carboxylic acids is 1. The summed E-state index contributed by atoms with van der Waals surface area (Å²) in [6.45, 7) is -5.48. The monoisotopic (exact) mass is 260 g/mol. The molecule has 0 bridgehead atoms. The summed E-state index contributed by atoms with van der Waals surface area (Å²) in [4.78, 5) is 11.5. The van der Waals surface area contributed by atoms with Crippen LogP contribution in [0.4, 0.5) is 0 Å². The van der Waals surface area contributed by atoms with Crippen LogP contribution < -0.4 is 4.74 Å². The lowest BCUT2D eigenvalue weighted by Crippen LogP contribution is -2.18. The molecule has 0 saturated carbocycles. The number of carbonyl (C=O) groups is 1. The van der Waals surface area contributed by atoms with Gasteiger partial charge in [-0.05, 0) is 22.4 Å². The van der Waals surface area contributed by atoms with Crippen molar-refractivity contribution < 1.29 is 26.0 Å². The van der Waals surface area contributed by atoms with Gasteiger partial charge in [-0.1, -0.05) is 53.4 Å². The quantitative estimate of drug-likeness (QED) is 0.558. The first kappa shape index (κ1) is 4.99. The fraction of sp³-hybridized carbons (Fsp3) is 0.562. The van der Waals surface area contributed by atoms with Gasteiger partial charge in [0, 0.05) is 24.8 Å². The Labute approximate surface area is 127 Å². The smallest absolute Gasteiger partial charge is 0.308 e. The van der Waals surface area contributed by atoms with Gasteiger partial charge in [-0.2, -0.15) is 0 Å². The zero-order valence-electron chi connectivity index (χ0n) is 22.8. The maximum atomic E-state index is 11.5. The van der Waals surface area contributed by atoms with Gasteiger partial charge >= 0.3 is 5.97 Å². The lowest BCUT2D eigenvalue weighted by Gasteiger charge is -2.26. The zero-order valence-corrected chi connectivity index (χ0v) is 10.8. The van der Waals surface area contributed by atoms with E-state index in [2.05, 4.69) is 0 Å². The molecule has 0 aliphatic heterocycles. The summed E-state index contributed by atoms with van der Waals surface area (Å²) in [5.74, 6) is -1.39. The van der Waals surface area contributed by atoms with E-state index in [1.807, 2.05) is 0 Å². The van der Waals surface area contributed by atoms with Gasteiger partial charge in [0.1, 0.15) is 5.75 Å². The Balaban J connectivity index is 4.48. The number of hydrogen-bond acceptors (Lipinski definition) is 2. The van der Waals surface area contributed by atoms with Crippen LogP contribution in [-0.4, -0.2) is 5.97 Å². The second-order valence-corrected chi connectivity index (χ2v) is 5.05. The van der Waals surface area contributed by atoms with Crippen LogP contribution >= 0.6 is 0 Å². The lowest BCUT2D eigenvalue weighted by atomic mass is 9.80. The summed E-state index contributed by atoms with van der Waals surface area (Å²) in [6, 6.07) is -2.85. The second-order valence-electron chi connectivity index (χ2n) is 5.05. The first-order valence-electron chi connectivity index (χ1n) is 11.4. The molecule has 0 atom stereocenters. The molecule has 0 spiro atoms. The van der Waals surface area contributed by atoms with Crippen molar-refractivity contribution in [2.75, 3.05) is 0 Å². The Morgan fingerprint density at radius 2 is 1.83 bits per heavy atom. The molecule has 18 heavy (non-hydrogen) atoms. The molecule has 0 aliphatic rings. The highest BCUT2D eigenvalue weighted by molar-refractivity contribution is 5.70. The minimum Gasteiger partial charge on any atom is -0.426 e. The molecule has 0 aliphatic carbocycles. The summed E-state index contributed by atoms with van der Waals surface area (Å²) in [5.41, 5.74) is -6.07. The van der Waals surface area contributed by atoms with E-state index in [0.717, 1.165) is 6.92 Å². The first-order chi connectivity index (χ1) is 13.0. The predicted octanol–water partition coefficient (Wildman–Crippen LogP) is 4.21. The average molecular weight is 260 g/mol. The largest absolute Gasteiger partial charge is 0.426 e. The molecule has 0 N–H and O–H groups in total. The fourth-order valence-electron chi connectivity index (χ4n) is 1.33. The summed E-state index contributed by atoms with van der Waals surface area (Å²) in [5, 5.41) is 0. The molecule has 0 amide bonds. The minimum atomic E-state index is -3.69. The SMILES string of the molecule is [2H]c1c([2H])c(C(C([2H])([2H])[2H])(C([2H])([2H])[2H])C([2H])([2H])[2H])c([2H])c(C(C)(C)C)c1OC(C)=O. The van der Waals surface area contributed by atoms with E-state index in [1.54, 1.807) is 0 Å². The fourth-order valence-corrected chi connectivity index (χ4v) is 1.33.